The molecule has 0 saturated carbocycles. The Morgan fingerprint density at radius 3 is 2.82 bits per heavy atom. The van der Waals surface area contributed by atoms with E-state index in [1.54, 1.807) is 0 Å². The van der Waals surface area contributed by atoms with E-state index < -0.39 is 0 Å². The van der Waals surface area contributed by atoms with Crippen molar-refractivity contribution in [1.29, 1.82) is 0 Å². The van der Waals surface area contributed by atoms with Crippen LogP contribution in [0.5, 0.6) is 0 Å². The number of rotatable bonds is 3. The SMILES string of the molecule is Cc1nnc2n1CCN(C(=O)[C@@H]1CCCCN1CC(C)C)C2. The van der Waals surface area contributed by atoms with Gasteiger partial charge in [0, 0.05) is 19.6 Å². The maximum absolute atomic E-state index is 13.0. The van der Waals surface area contributed by atoms with Crippen LogP contribution in [-0.4, -0.2) is 56.1 Å². The summed E-state index contributed by atoms with van der Waals surface area (Å²) >= 11 is 0. The van der Waals surface area contributed by atoms with Crippen LogP contribution >= 0.6 is 0 Å². The van der Waals surface area contributed by atoms with Gasteiger partial charge in [0.05, 0.1) is 12.6 Å². The predicted octanol–water partition coefficient (Wildman–Crippen LogP) is 1.44. The third-order valence-corrected chi connectivity index (χ3v) is 4.75. The van der Waals surface area contributed by atoms with Gasteiger partial charge < -0.3 is 9.47 Å². The second-order valence-corrected chi connectivity index (χ2v) is 6.98. The normalized spacial score (nSPS) is 22.9. The van der Waals surface area contributed by atoms with Crippen LogP contribution in [0, 0.1) is 12.8 Å². The summed E-state index contributed by atoms with van der Waals surface area (Å²) in [5, 5.41) is 8.33. The Morgan fingerprint density at radius 2 is 2.05 bits per heavy atom. The van der Waals surface area contributed by atoms with Gasteiger partial charge in [-0.2, -0.15) is 0 Å². The lowest BCUT2D eigenvalue weighted by Gasteiger charge is -2.39. The van der Waals surface area contributed by atoms with Gasteiger partial charge in [0.25, 0.3) is 0 Å². The van der Waals surface area contributed by atoms with Gasteiger partial charge in [-0.15, -0.1) is 10.2 Å². The minimum atomic E-state index is 0.0618. The lowest BCUT2D eigenvalue weighted by atomic mass is 9.99. The minimum absolute atomic E-state index is 0.0618. The van der Waals surface area contributed by atoms with Crippen molar-refractivity contribution in [2.24, 2.45) is 5.92 Å². The van der Waals surface area contributed by atoms with Crippen LogP contribution in [-0.2, 0) is 17.9 Å². The van der Waals surface area contributed by atoms with Crippen LogP contribution in [0.2, 0.25) is 0 Å². The van der Waals surface area contributed by atoms with Crippen molar-refractivity contribution >= 4 is 5.91 Å². The van der Waals surface area contributed by atoms with Gasteiger partial charge in [-0.05, 0) is 32.2 Å². The molecule has 22 heavy (non-hydrogen) atoms. The number of hydrogen-bond acceptors (Lipinski definition) is 4. The molecule has 2 aliphatic heterocycles. The zero-order valence-electron chi connectivity index (χ0n) is 14.0. The fraction of sp³-hybridized carbons (Fsp3) is 0.812. The summed E-state index contributed by atoms with van der Waals surface area (Å²) in [4.78, 5) is 17.4. The fourth-order valence-electron chi connectivity index (χ4n) is 3.66. The Hall–Kier alpha value is -1.43. The molecule has 0 aromatic carbocycles. The van der Waals surface area contributed by atoms with E-state index in [1.165, 1.54) is 6.42 Å². The third-order valence-electron chi connectivity index (χ3n) is 4.75. The van der Waals surface area contributed by atoms with Crippen LogP contribution in [0.15, 0.2) is 0 Å². The highest BCUT2D eigenvalue weighted by Gasteiger charge is 2.34. The van der Waals surface area contributed by atoms with Crippen molar-refractivity contribution < 1.29 is 4.79 Å². The number of hydrogen-bond donors (Lipinski definition) is 0. The van der Waals surface area contributed by atoms with Crippen LogP contribution in [0.4, 0.5) is 0 Å². The van der Waals surface area contributed by atoms with Crippen molar-refractivity contribution in [3.05, 3.63) is 11.6 Å². The van der Waals surface area contributed by atoms with E-state index >= 15 is 0 Å². The number of likely N-dealkylation sites (tertiary alicyclic amines) is 1. The number of nitrogens with zero attached hydrogens (tertiary/aromatic N) is 5. The molecule has 1 saturated heterocycles. The van der Waals surface area contributed by atoms with E-state index in [0.717, 1.165) is 50.7 Å². The number of fused-ring (bicyclic) bond motifs is 1. The number of aromatic nitrogens is 3. The quantitative estimate of drug-likeness (QED) is 0.848. The Labute approximate surface area is 132 Å². The van der Waals surface area contributed by atoms with Gasteiger partial charge in [-0.3, -0.25) is 9.69 Å². The van der Waals surface area contributed by atoms with Crippen molar-refractivity contribution in [3.8, 4) is 0 Å². The molecule has 1 atom stereocenters. The predicted molar refractivity (Wildman–Crippen MR) is 84.2 cm³/mol. The van der Waals surface area contributed by atoms with E-state index in [0.29, 0.717) is 12.5 Å². The summed E-state index contributed by atoms with van der Waals surface area (Å²) < 4.78 is 2.12. The molecule has 6 heteroatoms. The van der Waals surface area contributed by atoms with Crippen LogP contribution < -0.4 is 0 Å². The molecule has 0 unspecified atom stereocenters. The maximum Gasteiger partial charge on any atom is 0.240 e. The molecule has 122 valence electrons. The molecule has 0 bridgehead atoms. The zero-order chi connectivity index (χ0) is 15.7. The van der Waals surface area contributed by atoms with Gasteiger partial charge in [0.1, 0.15) is 5.82 Å². The highest BCUT2D eigenvalue weighted by Crippen LogP contribution is 2.22. The van der Waals surface area contributed by atoms with Gasteiger partial charge in [-0.1, -0.05) is 20.3 Å². The summed E-state index contributed by atoms with van der Waals surface area (Å²) in [6.07, 6.45) is 3.37. The van der Waals surface area contributed by atoms with E-state index in [2.05, 4.69) is 33.5 Å². The second kappa shape index (κ2) is 6.36. The number of aryl methyl sites for hydroxylation is 1. The summed E-state index contributed by atoms with van der Waals surface area (Å²) in [6.45, 7) is 10.7. The van der Waals surface area contributed by atoms with E-state index in [1.807, 2.05) is 11.8 Å². The Morgan fingerprint density at radius 1 is 1.23 bits per heavy atom. The van der Waals surface area contributed by atoms with Crippen molar-refractivity contribution in [2.75, 3.05) is 19.6 Å². The molecule has 0 N–H and O–H groups in total. The molecule has 1 aromatic heterocycles. The van der Waals surface area contributed by atoms with Gasteiger partial charge in [-0.25, -0.2) is 0 Å². The number of piperidine rings is 1. The van der Waals surface area contributed by atoms with Gasteiger partial charge in [0.15, 0.2) is 5.82 Å². The molecule has 1 aromatic rings. The van der Waals surface area contributed by atoms with E-state index in [9.17, 15) is 4.79 Å². The third kappa shape index (κ3) is 3.02. The van der Waals surface area contributed by atoms with E-state index in [4.69, 9.17) is 0 Å². The first-order chi connectivity index (χ1) is 10.6. The molecule has 0 radical (unpaired) electrons. The van der Waals surface area contributed by atoms with Gasteiger partial charge in [0.2, 0.25) is 5.91 Å². The minimum Gasteiger partial charge on any atom is -0.332 e. The molecule has 3 rings (SSSR count). The molecule has 3 heterocycles. The summed E-state index contributed by atoms with van der Waals surface area (Å²) in [7, 11) is 0. The topological polar surface area (TPSA) is 54.3 Å². The van der Waals surface area contributed by atoms with Gasteiger partial charge >= 0.3 is 0 Å². The molecular formula is C16H27N5O. The zero-order valence-corrected chi connectivity index (χ0v) is 14.0. The molecule has 6 nitrogen and oxygen atoms in total. The monoisotopic (exact) mass is 305 g/mol. The Balaban J connectivity index is 1.70. The first kappa shape index (κ1) is 15.5. The summed E-state index contributed by atoms with van der Waals surface area (Å²) in [5.41, 5.74) is 0. The highest BCUT2D eigenvalue weighted by molar-refractivity contribution is 5.82. The maximum atomic E-state index is 13.0. The lowest BCUT2D eigenvalue weighted by molar-refractivity contribution is -0.140. The van der Waals surface area contributed by atoms with Crippen LogP contribution in [0.1, 0.15) is 44.8 Å². The molecule has 1 fully saturated rings. The van der Waals surface area contributed by atoms with E-state index in [-0.39, 0.29) is 11.9 Å². The Bertz CT molecular complexity index is 539. The molecule has 0 aliphatic carbocycles. The highest BCUT2D eigenvalue weighted by atomic mass is 16.2. The van der Waals surface area contributed by atoms with Crippen molar-refractivity contribution in [2.45, 2.75) is 59.2 Å². The van der Waals surface area contributed by atoms with Crippen molar-refractivity contribution in [1.82, 2.24) is 24.6 Å². The lowest BCUT2D eigenvalue weighted by Crippen LogP contribution is -2.53. The molecule has 0 spiro atoms. The average Bonchev–Trinajstić information content (AvgIpc) is 2.87. The van der Waals surface area contributed by atoms with Crippen molar-refractivity contribution in [3.63, 3.8) is 0 Å². The summed E-state index contributed by atoms with van der Waals surface area (Å²) in [5.74, 6) is 2.75. The average molecular weight is 305 g/mol. The first-order valence-corrected chi connectivity index (χ1v) is 8.47. The number of carbonyl (C=O) groups excluding carboxylic acids is 1. The molecular weight excluding hydrogens is 278 g/mol. The van der Waals surface area contributed by atoms with Crippen LogP contribution in [0.25, 0.3) is 0 Å². The number of carbonyl (C=O) groups is 1. The summed E-state index contributed by atoms with van der Waals surface area (Å²) in [6, 6.07) is 0.0618. The smallest absolute Gasteiger partial charge is 0.240 e. The van der Waals surface area contributed by atoms with Crippen LogP contribution in [0.3, 0.4) is 0 Å². The number of amides is 1. The Kier molecular flexibility index (Phi) is 4.47. The standard InChI is InChI=1S/C16H27N5O/c1-12(2)10-19-7-5-4-6-14(19)16(22)20-8-9-21-13(3)17-18-15(21)11-20/h12,14H,4-11H2,1-3H3/t14-/m0/s1. The first-order valence-electron chi connectivity index (χ1n) is 8.47. The molecule has 1 amide bonds. The molecule has 2 aliphatic rings. The fourth-order valence-corrected chi connectivity index (χ4v) is 3.66. The largest absolute Gasteiger partial charge is 0.332 e. The second-order valence-electron chi connectivity index (χ2n) is 6.98.